The van der Waals surface area contributed by atoms with Crippen molar-refractivity contribution in [2.75, 3.05) is 0 Å². The van der Waals surface area contributed by atoms with Crippen molar-refractivity contribution in [1.29, 1.82) is 0 Å². The van der Waals surface area contributed by atoms with Crippen molar-refractivity contribution in [3.8, 4) is 11.3 Å². The summed E-state index contributed by atoms with van der Waals surface area (Å²) in [5.74, 6) is -1.50. The van der Waals surface area contributed by atoms with Crippen LogP contribution in [0.2, 0.25) is 0 Å². The first-order valence-electron chi connectivity index (χ1n) is 6.87. The van der Waals surface area contributed by atoms with E-state index in [2.05, 4.69) is 9.82 Å². The molecule has 1 N–H and O–H groups in total. The van der Waals surface area contributed by atoms with E-state index in [0.29, 0.717) is 0 Å². The van der Waals surface area contributed by atoms with E-state index in [1.807, 2.05) is 0 Å². The van der Waals surface area contributed by atoms with Crippen molar-refractivity contribution in [2.24, 2.45) is 7.05 Å². The third-order valence-corrected chi connectivity index (χ3v) is 6.19. The molecule has 0 amide bonds. The maximum absolute atomic E-state index is 13.1. The number of nitrogens with zero attached hydrogens (tertiary/aromatic N) is 2. The maximum Gasteiger partial charge on any atom is 0.250 e. The van der Waals surface area contributed by atoms with Gasteiger partial charge < -0.3 is 0 Å². The minimum Gasteiger partial charge on any atom is -0.268 e. The first-order chi connectivity index (χ1) is 11.3. The Morgan fingerprint density at radius 2 is 1.92 bits per heavy atom. The number of aryl methyl sites for hydroxylation is 1. The Balaban J connectivity index is 1.78. The Bertz CT molecular complexity index is 960. The third kappa shape index (κ3) is 3.53. The van der Waals surface area contributed by atoms with E-state index in [1.165, 1.54) is 6.07 Å². The highest BCUT2D eigenvalue weighted by Crippen LogP contribution is 2.28. The Labute approximate surface area is 141 Å². The van der Waals surface area contributed by atoms with Crippen LogP contribution < -0.4 is 4.72 Å². The lowest BCUT2D eigenvalue weighted by Crippen LogP contribution is -2.22. The molecule has 126 valence electrons. The molecule has 0 saturated carbocycles. The molecule has 0 bridgehead atoms. The lowest BCUT2D eigenvalue weighted by Gasteiger charge is -2.05. The van der Waals surface area contributed by atoms with Crippen LogP contribution in [0.3, 0.4) is 0 Å². The molecule has 0 aliphatic carbocycles. The van der Waals surface area contributed by atoms with Crippen molar-refractivity contribution in [2.45, 2.75) is 10.8 Å². The number of sulfonamides is 1. The molecule has 0 aliphatic rings. The lowest BCUT2D eigenvalue weighted by molar-refractivity contribution is 0.572. The zero-order valence-corrected chi connectivity index (χ0v) is 14.2. The standard InChI is InChI=1S/C15H13F2N3O2S2/c1-20-14(2-3-18-20)11-6-15(23-9-11)24(21,22)19-8-10-4-12(16)7-13(17)5-10/h2-7,9,19H,8H2,1H3. The molecule has 2 heterocycles. The Morgan fingerprint density at radius 3 is 2.54 bits per heavy atom. The Hall–Kier alpha value is -2.10. The topological polar surface area (TPSA) is 64.0 Å². The van der Waals surface area contributed by atoms with E-state index in [0.717, 1.165) is 40.8 Å². The van der Waals surface area contributed by atoms with Crippen LogP contribution >= 0.6 is 11.3 Å². The minimum atomic E-state index is -3.77. The molecule has 0 spiro atoms. The van der Waals surface area contributed by atoms with E-state index >= 15 is 0 Å². The molecule has 3 aromatic rings. The second-order valence-electron chi connectivity index (χ2n) is 5.10. The lowest BCUT2D eigenvalue weighted by atomic mass is 10.2. The molecule has 0 aliphatic heterocycles. The Morgan fingerprint density at radius 1 is 1.21 bits per heavy atom. The molecule has 0 unspecified atom stereocenters. The average Bonchev–Trinajstić information content (AvgIpc) is 3.13. The number of nitrogens with one attached hydrogen (secondary N) is 1. The van der Waals surface area contributed by atoms with Gasteiger partial charge in [-0.2, -0.15) is 5.10 Å². The summed E-state index contributed by atoms with van der Waals surface area (Å²) in [6, 6.07) is 6.22. The van der Waals surface area contributed by atoms with Crippen LogP contribution in [0.1, 0.15) is 5.56 Å². The van der Waals surface area contributed by atoms with Gasteiger partial charge in [0.1, 0.15) is 15.8 Å². The maximum atomic E-state index is 13.1. The molecule has 5 nitrogen and oxygen atoms in total. The summed E-state index contributed by atoms with van der Waals surface area (Å²) >= 11 is 1.07. The highest BCUT2D eigenvalue weighted by molar-refractivity contribution is 7.91. The fourth-order valence-corrected chi connectivity index (χ4v) is 4.45. The summed E-state index contributed by atoms with van der Waals surface area (Å²) in [7, 11) is -2.01. The SMILES string of the molecule is Cn1nccc1-c1csc(S(=O)(=O)NCc2cc(F)cc(F)c2)c1. The van der Waals surface area contributed by atoms with Crippen LogP contribution in [0.25, 0.3) is 11.3 Å². The van der Waals surface area contributed by atoms with Crippen LogP contribution in [0.5, 0.6) is 0 Å². The van der Waals surface area contributed by atoms with Gasteiger partial charge in [-0.15, -0.1) is 11.3 Å². The fourth-order valence-electron chi connectivity index (χ4n) is 2.21. The van der Waals surface area contributed by atoms with Gasteiger partial charge in [0, 0.05) is 36.8 Å². The molecular weight excluding hydrogens is 356 g/mol. The van der Waals surface area contributed by atoms with E-state index in [4.69, 9.17) is 0 Å². The van der Waals surface area contributed by atoms with Gasteiger partial charge in [0.2, 0.25) is 10.0 Å². The summed E-state index contributed by atoms with van der Waals surface area (Å²) in [5, 5.41) is 5.76. The summed E-state index contributed by atoms with van der Waals surface area (Å²) in [5.41, 5.74) is 1.73. The van der Waals surface area contributed by atoms with E-state index in [-0.39, 0.29) is 16.3 Å². The molecule has 24 heavy (non-hydrogen) atoms. The predicted octanol–water partition coefficient (Wildman–Crippen LogP) is 2.91. The molecule has 0 atom stereocenters. The van der Waals surface area contributed by atoms with Crippen LogP contribution in [0.15, 0.2) is 46.1 Å². The van der Waals surface area contributed by atoms with Crippen LogP contribution in [0.4, 0.5) is 8.78 Å². The quantitative estimate of drug-likeness (QED) is 0.752. The number of aromatic nitrogens is 2. The normalized spacial score (nSPS) is 11.8. The highest BCUT2D eigenvalue weighted by Gasteiger charge is 2.18. The number of benzene rings is 1. The number of rotatable bonds is 5. The predicted molar refractivity (Wildman–Crippen MR) is 86.9 cm³/mol. The molecule has 2 aromatic heterocycles. The van der Waals surface area contributed by atoms with Crippen molar-refractivity contribution < 1.29 is 17.2 Å². The molecule has 3 rings (SSSR count). The second kappa shape index (κ2) is 6.42. The van der Waals surface area contributed by atoms with Crippen LogP contribution in [-0.2, 0) is 23.6 Å². The van der Waals surface area contributed by atoms with Gasteiger partial charge in [-0.1, -0.05) is 0 Å². The van der Waals surface area contributed by atoms with Gasteiger partial charge in [-0.05, 0) is 29.8 Å². The number of hydrogen-bond acceptors (Lipinski definition) is 4. The summed E-state index contributed by atoms with van der Waals surface area (Å²) in [6.07, 6.45) is 1.62. The largest absolute Gasteiger partial charge is 0.268 e. The molecule has 1 aromatic carbocycles. The van der Waals surface area contributed by atoms with E-state index < -0.39 is 21.7 Å². The summed E-state index contributed by atoms with van der Waals surface area (Å²) in [6.45, 7) is -0.198. The van der Waals surface area contributed by atoms with Gasteiger partial charge in [0.15, 0.2) is 0 Å². The molecule has 9 heteroatoms. The third-order valence-electron chi connectivity index (χ3n) is 3.35. The summed E-state index contributed by atoms with van der Waals surface area (Å²) in [4.78, 5) is 0. The van der Waals surface area contributed by atoms with Gasteiger partial charge in [-0.25, -0.2) is 21.9 Å². The number of hydrogen-bond donors (Lipinski definition) is 1. The van der Waals surface area contributed by atoms with Crippen molar-refractivity contribution in [1.82, 2.24) is 14.5 Å². The molecule has 0 radical (unpaired) electrons. The van der Waals surface area contributed by atoms with Crippen molar-refractivity contribution in [3.63, 3.8) is 0 Å². The first-order valence-corrected chi connectivity index (χ1v) is 9.23. The van der Waals surface area contributed by atoms with Crippen LogP contribution in [-0.4, -0.2) is 18.2 Å². The van der Waals surface area contributed by atoms with Gasteiger partial charge >= 0.3 is 0 Å². The highest BCUT2D eigenvalue weighted by atomic mass is 32.2. The Kier molecular flexibility index (Phi) is 4.48. The molecule has 0 fully saturated rings. The number of halogens is 2. The first kappa shape index (κ1) is 16.7. The van der Waals surface area contributed by atoms with Gasteiger partial charge in [0.25, 0.3) is 0 Å². The average molecular weight is 369 g/mol. The zero-order chi connectivity index (χ0) is 17.3. The smallest absolute Gasteiger partial charge is 0.250 e. The number of thiophene rings is 1. The minimum absolute atomic E-state index is 0.121. The zero-order valence-electron chi connectivity index (χ0n) is 12.5. The van der Waals surface area contributed by atoms with Crippen molar-refractivity contribution in [3.05, 3.63) is 59.1 Å². The fraction of sp³-hybridized carbons (Fsp3) is 0.133. The van der Waals surface area contributed by atoms with E-state index in [9.17, 15) is 17.2 Å². The monoisotopic (exact) mass is 369 g/mol. The van der Waals surface area contributed by atoms with Crippen LogP contribution in [0, 0.1) is 11.6 Å². The molecule has 0 saturated heterocycles. The second-order valence-corrected chi connectivity index (χ2v) is 8.00. The van der Waals surface area contributed by atoms with E-state index in [1.54, 1.807) is 29.4 Å². The van der Waals surface area contributed by atoms with Gasteiger partial charge in [0.05, 0.1) is 5.69 Å². The van der Waals surface area contributed by atoms with Gasteiger partial charge in [-0.3, -0.25) is 4.68 Å². The van der Waals surface area contributed by atoms with Crippen molar-refractivity contribution >= 4 is 21.4 Å². The molecular formula is C15H13F2N3O2S2. The summed E-state index contributed by atoms with van der Waals surface area (Å²) < 4.78 is 55.1.